The molecule has 3 nitrogen and oxygen atoms in total. The molecule has 1 rings (SSSR count). The highest BCUT2D eigenvalue weighted by Gasteiger charge is 2.35. The second kappa shape index (κ2) is 7.59. The van der Waals surface area contributed by atoms with Crippen LogP contribution < -0.4 is 5.32 Å². The highest BCUT2D eigenvalue weighted by molar-refractivity contribution is 5.32. The van der Waals surface area contributed by atoms with Gasteiger partial charge in [-0.15, -0.1) is 0 Å². The van der Waals surface area contributed by atoms with Crippen LogP contribution in [0.25, 0.3) is 0 Å². The normalized spacial score (nSPS) is 16.0. The fourth-order valence-corrected chi connectivity index (χ4v) is 2.59. The molecule has 0 aliphatic carbocycles. The molecule has 1 aromatic carbocycles. The molecule has 1 N–H and O–H groups in total. The van der Waals surface area contributed by atoms with E-state index in [2.05, 4.69) is 58.0 Å². The lowest BCUT2D eigenvalue weighted by molar-refractivity contribution is 0.162. The van der Waals surface area contributed by atoms with E-state index in [-0.39, 0.29) is 6.04 Å². The van der Waals surface area contributed by atoms with Crippen LogP contribution in [-0.4, -0.2) is 30.6 Å². The number of benzene rings is 1. The van der Waals surface area contributed by atoms with Crippen molar-refractivity contribution in [1.82, 2.24) is 10.2 Å². The van der Waals surface area contributed by atoms with Crippen LogP contribution in [0.4, 0.5) is 0 Å². The zero-order valence-corrected chi connectivity index (χ0v) is 14.2. The number of nitrogens with zero attached hydrogens (tertiary/aromatic N) is 2. The molecule has 0 bridgehead atoms. The Labute approximate surface area is 130 Å². The van der Waals surface area contributed by atoms with Gasteiger partial charge in [-0.2, -0.15) is 5.26 Å². The van der Waals surface area contributed by atoms with Crippen LogP contribution in [0.15, 0.2) is 30.3 Å². The van der Waals surface area contributed by atoms with Crippen LogP contribution in [0.2, 0.25) is 0 Å². The average Bonchev–Trinajstić information content (AvgIpc) is 2.45. The van der Waals surface area contributed by atoms with E-state index in [4.69, 9.17) is 0 Å². The van der Waals surface area contributed by atoms with Gasteiger partial charge in [-0.25, -0.2) is 0 Å². The van der Waals surface area contributed by atoms with Crippen molar-refractivity contribution in [1.29, 1.82) is 5.26 Å². The smallest absolute Gasteiger partial charge is 0.145 e. The summed E-state index contributed by atoms with van der Waals surface area (Å²) in [5, 5.41) is 13.4. The van der Waals surface area contributed by atoms with Crippen LogP contribution in [-0.2, 0) is 5.54 Å². The minimum atomic E-state index is -0.673. The molecule has 0 heterocycles. The number of rotatable bonds is 7. The Balaban J connectivity index is 3.11. The van der Waals surface area contributed by atoms with Crippen LogP contribution in [0.1, 0.15) is 40.2 Å². The van der Waals surface area contributed by atoms with E-state index in [1.165, 1.54) is 0 Å². The fraction of sp³-hybridized carbons (Fsp3) is 0.611. The van der Waals surface area contributed by atoms with Gasteiger partial charge in [0.1, 0.15) is 5.54 Å². The van der Waals surface area contributed by atoms with Gasteiger partial charge < -0.3 is 4.90 Å². The average molecular weight is 287 g/mol. The first kappa shape index (κ1) is 17.7. The molecule has 0 fully saturated rings. The van der Waals surface area contributed by atoms with Crippen molar-refractivity contribution in [3.63, 3.8) is 0 Å². The van der Waals surface area contributed by atoms with E-state index in [1.807, 2.05) is 30.3 Å². The zero-order chi connectivity index (χ0) is 16.0. The summed E-state index contributed by atoms with van der Waals surface area (Å²) in [6.45, 7) is 11.5. The molecular formula is C18H29N3. The Morgan fingerprint density at radius 2 is 1.71 bits per heavy atom. The van der Waals surface area contributed by atoms with Crippen molar-refractivity contribution in [2.24, 2.45) is 5.92 Å². The van der Waals surface area contributed by atoms with Crippen LogP contribution in [0, 0.1) is 17.2 Å². The molecule has 0 aliphatic rings. The predicted octanol–water partition coefficient (Wildman–Crippen LogP) is 3.38. The standard InChI is InChI=1S/C18H29N3/c1-14(2)16(5)21(6)13-18(12-19,20-15(3)4)17-10-8-7-9-11-17/h7-11,14-16,20H,13H2,1-6H3. The summed E-state index contributed by atoms with van der Waals surface area (Å²) in [4.78, 5) is 2.27. The van der Waals surface area contributed by atoms with Crippen molar-refractivity contribution >= 4 is 0 Å². The molecule has 0 spiro atoms. The molecule has 0 saturated carbocycles. The van der Waals surface area contributed by atoms with Crippen molar-refractivity contribution in [3.05, 3.63) is 35.9 Å². The lowest BCUT2D eigenvalue weighted by Gasteiger charge is -2.37. The monoisotopic (exact) mass is 287 g/mol. The number of nitriles is 1. The van der Waals surface area contributed by atoms with Gasteiger partial charge in [0.15, 0.2) is 0 Å². The van der Waals surface area contributed by atoms with Crippen LogP contribution in [0.3, 0.4) is 0 Å². The van der Waals surface area contributed by atoms with Gasteiger partial charge in [0.25, 0.3) is 0 Å². The summed E-state index contributed by atoms with van der Waals surface area (Å²) < 4.78 is 0. The zero-order valence-electron chi connectivity index (χ0n) is 14.2. The second-order valence-electron chi connectivity index (χ2n) is 6.58. The Morgan fingerprint density at radius 1 is 1.14 bits per heavy atom. The highest BCUT2D eigenvalue weighted by atomic mass is 15.2. The molecule has 1 aromatic rings. The third kappa shape index (κ3) is 4.56. The Kier molecular flexibility index (Phi) is 6.39. The number of hydrogen-bond acceptors (Lipinski definition) is 3. The first-order valence-corrected chi connectivity index (χ1v) is 7.77. The Morgan fingerprint density at radius 3 is 2.14 bits per heavy atom. The first-order valence-electron chi connectivity index (χ1n) is 7.77. The number of likely N-dealkylation sites (N-methyl/N-ethyl adjacent to an activating group) is 1. The first-order chi connectivity index (χ1) is 9.82. The molecule has 3 heteroatoms. The van der Waals surface area contributed by atoms with Gasteiger partial charge in [-0.1, -0.05) is 44.2 Å². The van der Waals surface area contributed by atoms with Crippen molar-refractivity contribution in [3.8, 4) is 6.07 Å². The predicted molar refractivity (Wildman–Crippen MR) is 88.9 cm³/mol. The van der Waals surface area contributed by atoms with E-state index in [1.54, 1.807) is 0 Å². The summed E-state index contributed by atoms with van der Waals surface area (Å²) in [6, 6.07) is 13.3. The minimum absolute atomic E-state index is 0.243. The topological polar surface area (TPSA) is 39.1 Å². The van der Waals surface area contributed by atoms with E-state index in [0.29, 0.717) is 18.5 Å². The summed E-state index contributed by atoms with van der Waals surface area (Å²) in [6.07, 6.45) is 0. The maximum Gasteiger partial charge on any atom is 0.145 e. The molecule has 2 atom stereocenters. The highest BCUT2D eigenvalue weighted by Crippen LogP contribution is 2.24. The maximum absolute atomic E-state index is 9.91. The maximum atomic E-state index is 9.91. The fourth-order valence-electron chi connectivity index (χ4n) is 2.59. The molecule has 0 radical (unpaired) electrons. The SMILES string of the molecule is CC(C)NC(C#N)(CN(C)C(C)C(C)C)c1ccccc1. The Bertz CT molecular complexity index is 461. The molecule has 116 valence electrons. The summed E-state index contributed by atoms with van der Waals surface area (Å²) in [7, 11) is 2.10. The van der Waals surface area contributed by atoms with Gasteiger partial charge in [0, 0.05) is 18.6 Å². The van der Waals surface area contributed by atoms with Crippen LogP contribution in [0.5, 0.6) is 0 Å². The third-order valence-electron chi connectivity index (χ3n) is 4.14. The quantitative estimate of drug-likeness (QED) is 0.835. The number of nitrogens with one attached hydrogen (secondary N) is 1. The minimum Gasteiger partial charge on any atom is -0.300 e. The van der Waals surface area contributed by atoms with Gasteiger partial charge in [-0.3, -0.25) is 5.32 Å². The number of hydrogen-bond donors (Lipinski definition) is 1. The van der Waals surface area contributed by atoms with Gasteiger partial charge in [0.05, 0.1) is 6.07 Å². The van der Waals surface area contributed by atoms with E-state index < -0.39 is 5.54 Å². The van der Waals surface area contributed by atoms with Gasteiger partial charge in [-0.05, 0) is 39.3 Å². The molecule has 0 aliphatic heterocycles. The lowest BCUT2D eigenvalue weighted by atomic mass is 9.89. The van der Waals surface area contributed by atoms with Gasteiger partial charge >= 0.3 is 0 Å². The third-order valence-corrected chi connectivity index (χ3v) is 4.14. The van der Waals surface area contributed by atoms with Crippen LogP contribution >= 0.6 is 0 Å². The molecule has 21 heavy (non-hydrogen) atoms. The van der Waals surface area contributed by atoms with E-state index in [9.17, 15) is 5.26 Å². The molecular weight excluding hydrogens is 258 g/mol. The molecule has 0 aromatic heterocycles. The summed E-state index contributed by atoms with van der Waals surface area (Å²) in [5.41, 5.74) is 0.358. The van der Waals surface area contributed by atoms with Crippen molar-refractivity contribution in [2.75, 3.05) is 13.6 Å². The van der Waals surface area contributed by atoms with E-state index in [0.717, 1.165) is 5.56 Å². The molecule has 0 saturated heterocycles. The van der Waals surface area contributed by atoms with Crippen molar-refractivity contribution < 1.29 is 0 Å². The van der Waals surface area contributed by atoms with Crippen molar-refractivity contribution in [2.45, 2.75) is 52.2 Å². The van der Waals surface area contributed by atoms with Gasteiger partial charge in [0.2, 0.25) is 0 Å². The summed E-state index contributed by atoms with van der Waals surface area (Å²) in [5.74, 6) is 0.557. The van der Waals surface area contributed by atoms with E-state index >= 15 is 0 Å². The molecule has 2 unspecified atom stereocenters. The lowest BCUT2D eigenvalue weighted by Crippen LogP contribution is -2.53. The second-order valence-corrected chi connectivity index (χ2v) is 6.58. The largest absolute Gasteiger partial charge is 0.300 e. The molecule has 0 amide bonds. The summed E-state index contributed by atoms with van der Waals surface area (Å²) >= 11 is 0. The Hall–Kier alpha value is -1.37.